The lowest BCUT2D eigenvalue weighted by Gasteiger charge is -2.17. The first-order valence-electron chi connectivity index (χ1n) is 7.25. The minimum atomic E-state index is -4.54. The molecule has 1 aromatic heterocycles. The zero-order valence-electron chi connectivity index (χ0n) is 13.7. The largest absolute Gasteiger partial charge is 0.496 e. The number of carbonyl (C=O) groups excluding carboxylic acids is 1. The Bertz CT molecular complexity index is 846. The second-order valence-electron chi connectivity index (χ2n) is 5.37. The van der Waals surface area contributed by atoms with E-state index in [4.69, 9.17) is 4.74 Å². The molecule has 2 N–H and O–H groups in total. The summed E-state index contributed by atoms with van der Waals surface area (Å²) >= 11 is 0. The predicted molar refractivity (Wildman–Crippen MR) is 83.5 cm³/mol. The number of H-pyrrole nitrogens is 1. The highest BCUT2D eigenvalue weighted by Gasteiger charge is 2.34. The second kappa shape index (κ2) is 6.96. The van der Waals surface area contributed by atoms with Crippen molar-refractivity contribution in [2.24, 2.45) is 0 Å². The fourth-order valence-electron chi connectivity index (χ4n) is 2.26. The van der Waals surface area contributed by atoms with Crippen LogP contribution >= 0.6 is 0 Å². The molecule has 2 aromatic rings. The van der Waals surface area contributed by atoms with Crippen LogP contribution in [-0.4, -0.2) is 23.0 Å². The molecular formula is C16H16F3N3O3. The number of benzene rings is 1. The van der Waals surface area contributed by atoms with E-state index in [0.29, 0.717) is 5.56 Å². The predicted octanol–water partition coefficient (Wildman–Crippen LogP) is 2.60. The van der Waals surface area contributed by atoms with Crippen molar-refractivity contribution in [3.8, 4) is 5.75 Å². The quantitative estimate of drug-likeness (QED) is 0.883. The number of hydrogen-bond donors (Lipinski definition) is 2. The van der Waals surface area contributed by atoms with Gasteiger partial charge in [-0.3, -0.25) is 9.59 Å². The van der Waals surface area contributed by atoms with Crippen LogP contribution in [0.3, 0.4) is 0 Å². The molecular weight excluding hydrogens is 339 g/mol. The second-order valence-corrected chi connectivity index (χ2v) is 5.37. The minimum absolute atomic E-state index is 0.0769. The van der Waals surface area contributed by atoms with Gasteiger partial charge in [-0.2, -0.15) is 13.2 Å². The molecule has 1 atom stereocenters. The molecule has 1 aromatic carbocycles. The molecule has 1 amide bonds. The summed E-state index contributed by atoms with van der Waals surface area (Å²) in [4.78, 5) is 29.9. The highest BCUT2D eigenvalue weighted by molar-refractivity contribution is 5.92. The number of nitrogens with one attached hydrogen (secondary N) is 2. The van der Waals surface area contributed by atoms with Crippen molar-refractivity contribution in [2.45, 2.75) is 26.1 Å². The lowest BCUT2D eigenvalue weighted by Crippen LogP contribution is -2.29. The topological polar surface area (TPSA) is 84.1 Å². The summed E-state index contributed by atoms with van der Waals surface area (Å²) in [6, 6.07) is 3.79. The standard InChI is InChI=1S/C16H16F3N3O3/c1-8(20-15(24)12-7-14(23)22-9(2)21-12)10-4-5-11(16(17,18)19)13(6-10)25-3/h4-8H,1-3H3,(H,20,24)(H,21,22,23). The Morgan fingerprint density at radius 3 is 2.56 bits per heavy atom. The molecule has 9 heteroatoms. The summed E-state index contributed by atoms with van der Waals surface area (Å²) in [7, 11) is 1.14. The number of alkyl halides is 3. The number of amides is 1. The van der Waals surface area contributed by atoms with Crippen LogP contribution in [0.15, 0.2) is 29.1 Å². The van der Waals surface area contributed by atoms with Crippen molar-refractivity contribution in [2.75, 3.05) is 7.11 Å². The van der Waals surface area contributed by atoms with Gasteiger partial charge in [0.2, 0.25) is 0 Å². The number of rotatable bonds is 4. The summed E-state index contributed by atoms with van der Waals surface area (Å²) in [5.41, 5.74) is -1.03. The van der Waals surface area contributed by atoms with Gasteiger partial charge in [0.05, 0.1) is 18.7 Å². The number of halogens is 3. The Morgan fingerprint density at radius 2 is 2.00 bits per heavy atom. The van der Waals surface area contributed by atoms with Crippen LogP contribution in [0.5, 0.6) is 5.75 Å². The zero-order valence-corrected chi connectivity index (χ0v) is 13.7. The fraction of sp³-hybridized carbons (Fsp3) is 0.312. The molecule has 0 aliphatic heterocycles. The monoisotopic (exact) mass is 355 g/mol. The van der Waals surface area contributed by atoms with E-state index in [0.717, 1.165) is 19.2 Å². The number of hydrogen-bond acceptors (Lipinski definition) is 4. The molecule has 0 spiro atoms. The Labute approximate surface area is 141 Å². The Kier molecular flexibility index (Phi) is 5.15. The summed E-state index contributed by atoms with van der Waals surface area (Å²) in [6.45, 7) is 3.13. The van der Waals surface area contributed by atoms with Crippen LogP contribution < -0.4 is 15.6 Å². The summed E-state index contributed by atoms with van der Waals surface area (Å²) in [6.07, 6.45) is -4.54. The number of ether oxygens (including phenoxy) is 1. The molecule has 25 heavy (non-hydrogen) atoms. The van der Waals surface area contributed by atoms with Crippen LogP contribution in [0.4, 0.5) is 13.2 Å². The highest BCUT2D eigenvalue weighted by Crippen LogP contribution is 2.37. The van der Waals surface area contributed by atoms with E-state index in [-0.39, 0.29) is 17.3 Å². The van der Waals surface area contributed by atoms with Gasteiger partial charge in [0.25, 0.3) is 11.5 Å². The third kappa shape index (κ3) is 4.37. The number of methoxy groups -OCH3 is 1. The molecule has 0 aliphatic carbocycles. The van der Waals surface area contributed by atoms with Gasteiger partial charge in [0, 0.05) is 6.07 Å². The van der Waals surface area contributed by atoms with Gasteiger partial charge in [-0.1, -0.05) is 6.07 Å². The molecule has 0 fully saturated rings. The van der Waals surface area contributed by atoms with Crippen molar-refractivity contribution in [1.82, 2.24) is 15.3 Å². The van der Waals surface area contributed by atoms with E-state index in [1.54, 1.807) is 6.92 Å². The average Bonchev–Trinajstić information content (AvgIpc) is 2.52. The van der Waals surface area contributed by atoms with E-state index in [2.05, 4.69) is 15.3 Å². The van der Waals surface area contributed by atoms with E-state index in [9.17, 15) is 22.8 Å². The van der Waals surface area contributed by atoms with Gasteiger partial charge < -0.3 is 15.0 Å². The van der Waals surface area contributed by atoms with Crippen molar-refractivity contribution in [1.29, 1.82) is 0 Å². The van der Waals surface area contributed by atoms with E-state index >= 15 is 0 Å². The highest BCUT2D eigenvalue weighted by atomic mass is 19.4. The van der Waals surface area contributed by atoms with Gasteiger partial charge in [0.15, 0.2) is 0 Å². The molecule has 134 valence electrons. The first kappa shape index (κ1) is 18.5. The molecule has 0 radical (unpaired) electrons. The normalized spacial score (nSPS) is 12.6. The lowest BCUT2D eigenvalue weighted by atomic mass is 10.0. The number of carbonyl (C=O) groups is 1. The van der Waals surface area contributed by atoms with E-state index in [1.165, 1.54) is 19.1 Å². The first-order valence-corrected chi connectivity index (χ1v) is 7.25. The first-order chi connectivity index (χ1) is 11.6. The van der Waals surface area contributed by atoms with Crippen LogP contribution in [0.2, 0.25) is 0 Å². The maximum absolute atomic E-state index is 12.9. The Balaban J connectivity index is 2.24. The number of aromatic amines is 1. The third-order valence-corrected chi connectivity index (χ3v) is 3.47. The van der Waals surface area contributed by atoms with Crippen LogP contribution in [0.25, 0.3) is 0 Å². The van der Waals surface area contributed by atoms with Crippen molar-refractivity contribution in [3.63, 3.8) is 0 Å². The maximum atomic E-state index is 12.9. The number of aromatic nitrogens is 2. The van der Waals surface area contributed by atoms with Crippen molar-refractivity contribution >= 4 is 5.91 Å². The summed E-state index contributed by atoms with van der Waals surface area (Å²) in [5.74, 6) is -0.668. The third-order valence-electron chi connectivity index (χ3n) is 3.47. The fourth-order valence-corrected chi connectivity index (χ4v) is 2.26. The molecule has 0 bridgehead atoms. The summed E-state index contributed by atoms with van der Waals surface area (Å²) < 4.78 is 43.4. The lowest BCUT2D eigenvalue weighted by molar-refractivity contribution is -0.138. The van der Waals surface area contributed by atoms with Gasteiger partial charge in [-0.25, -0.2) is 4.98 Å². The molecule has 1 unspecified atom stereocenters. The van der Waals surface area contributed by atoms with Gasteiger partial charge in [-0.05, 0) is 31.5 Å². The Morgan fingerprint density at radius 1 is 1.32 bits per heavy atom. The van der Waals surface area contributed by atoms with Crippen LogP contribution in [0, 0.1) is 6.92 Å². The van der Waals surface area contributed by atoms with Crippen LogP contribution in [-0.2, 0) is 6.18 Å². The number of aryl methyl sites for hydroxylation is 1. The Hall–Kier alpha value is -2.84. The van der Waals surface area contributed by atoms with Crippen molar-refractivity contribution < 1.29 is 22.7 Å². The van der Waals surface area contributed by atoms with E-state index < -0.39 is 29.2 Å². The molecule has 6 nitrogen and oxygen atoms in total. The molecule has 0 saturated carbocycles. The van der Waals surface area contributed by atoms with Gasteiger partial charge in [-0.15, -0.1) is 0 Å². The zero-order chi connectivity index (χ0) is 18.8. The minimum Gasteiger partial charge on any atom is -0.496 e. The molecule has 1 heterocycles. The molecule has 2 rings (SSSR count). The molecule has 0 aliphatic rings. The average molecular weight is 355 g/mol. The molecule has 0 saturated heterocycles. The number of nitrogens with zero attached hydrogens (tertiary/aromatic N) is 1. The van der Waals surface area contributed by atoms with Gasteiger partial charge in [0.1, 0.15) is 17.3 Å². The summed E-state index contributed by atoms with van der Waals surface area (Å²) in [5, 5.41) is 2.59. The maximum Gasteiger partial charge on any atom is 0.419 e. The smallest absolute Gasteiger partial charge is 0.419 e. The van der Waals surface area contributed by atoms with Crippen LogP contribution in [0.1, 0.15) is 40.4 Å². The van der Waals surface area contributed by atoms with E-state index in [1.807, 2.05) is 0 Å². The van der Waals surface area contributed by atoms with Crippen molar-refractivity contribution in [3.05, 3.63) is 57.3 Å². The SMILES string of the molecule is COc1cc(C(C)NC(=O)c2cc(=O)[nH]c(C)n2)ccc1C(F)(F)F. The van der Waals surface area contributed by atoms with Gasteiger partial charge >= 0.3 is 6.18 Å².